The van der Waals surface area contributed by atoms with Gasteiger partial charge in [-0.25, -0.2) is 9.18 Å². The number of benzene rings is 2. The lowest BCUT2D eigenvalue weighted by atomic mass is 9.96. The number of carbonyl (C=O) groups is 1. The van der Waals surface area contributed by atoms with Crippen LogP contribution in [0.2, 0.25) is 0 Å². The van der Waals surface area contributed by atoms with E-state index in [0.717, 1.165) is 56.6 Å². The Balaban J connectivity index is 1.12. The number of halogens is 1. The fourth-order valence-corrected chi connectivity index (χ4v) is 4.25. The topological polar surface area (TPSA) is 53.6 Å². The van der Waals surface area contributed by atoms with Crippen molar-refractivity contribution < 1.29 is 13.9 Å². The predicted molar refractivity (Wildman–Crippen MR) is 115 cm³/mol. The average Bonchev–Trinajstić information content (AvgIpc) is 2.78. The lowest BCUT2D eigenvalue weighted by Crippen LogP contribution is -2.48. The molecule has 0 saturated carbocycles. The molecule has 30 heavy (non-hydrogen) atoms. The Bertz CT molecular complexity index is 835. The van der Waals surface area contributed by atoms with Crippen molar-refractivity contribution in [2.75, 3.05) is 32.8 Å². The summed E-state index contributed by atoms with van der Waals surface area (Å²) >= 11 is 0. The second kappa shape index (κ2) is 9.94. The van der Waals surface area contributed by atoms with Crippen LogP contribution in [0.4, 0.5) is 9.18 Å². The van der Waals surface area contributed by atoms with E-state index in [1.165, 1.54) is 17.7 Å². The Hall–Kier alpha value is -2.60. The lowest BCUT2D eigenvalue weighted by Gasteiger charge is -2.32. The number of nitrogens with zero attached hydrogens (tertiary/aromatic N) is 1. The fourth-order valence-electron chi connectivity index (χ4n) is 4.25. The Kier molecular flexibility index (Phi) is 6.84. The van der Waals surface area contributed by atoms with E-state index in [1.807, 2.05) is 36.4 Å². The fraction of sp³-hybridized carbons (Fsp3) is 0.458. The number of nitrogens with one attached hydrogen (secondary N) is 2. The van der Waals surface area contributed by atoms with Gasteiger partial charge in [-0.1, -0.05) is 30.3 Å². The smallest absolute Gasteiger partial charge is 0.315 e. The van der Waals surface area contributed by atoms with E-state index in [1.54, 1.807) is 0 Å². The van der Waals surface area contributed by atoms with Crippen LogP contribution in [-0.2, 0) is 12.8 Å². The number of carbonyl (C=O) groups excluding carboxylic acids is 1. The van der Waals surface area contributed by atoms with Crippen LogP contribution < -0.4 is 15.4 Å². The van der Waals surface area contributed by atoms with Crippen molar-refractivity contribution in [3.05, 3.63) is 65.5 Å². The molecule has 160 valence electrons. The summed E-state index contributed by atoms with van der Waals surface area (Å²) in [6.45, 7) is 4.30. The largest absolute Gasteiger partial charge is 0.491 e. The molecular weight excluding hydrogens is 381 g/mol. The van der Waals surface area contributed by atoms with E-state index >= 15 is 0 Å². The van der Waals surface area contributed by atoms with E-state index in [2.05, 4.69) is 15.5 Å². The summed E-state index contributed by atoms with van der Waals surface area (Å²) in [6, 6.07) is 14.6. The molecule has 5 nitrogen and oxygen atoms in total. The van der Waals surface area contributed by atoms with E-state index < -0.39 is 0 Å². The molecule has 0 spiro atoms. The maximum absolute atomic E-state index is 13.0. The van der Waals surface area contributed by atoms with Crippen LogP contribution in [0.5, 0.6) is 5.75 Å². The summed E-state index contributed by atoms with van der Waals surface area (Å²) in [7, 11) is 0. The number of fused-ring (bicyclic) bond motifs is 1. The zero-order valence-corrected chi connectivity index (χ0v) is 17.3. The molecule has 2 aromatic carbocycles. The van der Waals surface area contributed by atoms with Crippen molar-refractivity contribution in [3.8, 4) is 5.75 Å². The van der Waals surface area contributed by atoms with Gasteiger partial charge in [0.05, 0.1) is 6.04 Å². The molecule has 0 bridgehead atoms. The van der Waals surface area contributed by atoms with Crippen LogP contribution in [-0.4, -0.2) is 49.8 Å². The van der Waals surface area contributed by atoms with Crippen molar-refractivity contribution in [1.82, 2.24) is 15.5 Å². The molecule has 0 aromatic heterocycles. The summed E-state index contributed by atoms with van der Waals surface area (Å²) in [4.78, 5) is 14.8. The Morgan fingerprint density at radius 1 is 1.10 bits per heavy atom. The minimum atomic E-state index is -0.183. The van der Waals surface area contributed by atoms with Gasteiger partial charge in [-0.15, -0.1) is 0 Å². The standard InChI is InChI=1S/C24H30FN3O2/c25-21-7-5-18(6-8-21)9-12-28-13-10-19(11-14-28)16-26-24(29)27-22-15-20-3-1-2-4-23(20)30-17-22/h1-8,19,22H,9-17H2,(H2,26,27,29). The Morgan fingerprint density at radius 2 is 1.87 bits per heavy atom. The number of rotatable bonds is 6. The first kappa shape index (κ1) is 20.7. The Labute approximate surface area is 177 Å². The van der Waals surface area contributed by atoms with Crippen LogP contribution in [0.25, 0.3) is 0 Å². The predicted octanol–water partition coefficient (Wildman–Crippen LogP) is 3.38. The molecule has 2 amide bonds. The lowest BCUT2D eigenvalue weighted by molar-refractivity contribution is 0.181. The average molecular weight is 412 g/mol. The zero-order valence-electron chi connectivity index (χ0n) is 17.3. The molecular formula is C24H30FN3O2. The highest BCUT2D eigenvalue weighted by atomic mass is 19.1. The van der Waals surface area contributed by atoms with Gasteiger partial charge in [0.1, 0.15) is 18.2 Å². The minimum Gasteiger partial charge on any atom is -0.491 e. The van der Waals surface area contributed by atoms with E-state index in [4.69, 9.17) is 4.74 Å². The van der Waals surface area contributed by atoms with Gasteiger partial charge < -0.3 is 20.3 Å². The number of urea groups is 1. The number of hydrogen-bond donors (Lipinski definition) is 2. The second-order valence-corrected chi connectivity index (χ2v) is 8.34. The van der Waals surface area contributed by atoms with Gasteiger partial charge in [0.15, 0.2) is 0 Å². The first-order chi connectivity index (χ1) is 14.7. The molecule has 1 atom stereocenters. The molecule has 1 saturated heterocycles. The van der Waals surface area contributed by atoms with Gasteiger partial charge >= 0.3 is 6.03 Å². The monoisotopic (exact) mass is 411 g/mol. The SMILES string of the molecule is O=C(NCC1CCN(CCc2ccc(F)cc2)CC1)NC1COc2ccccc2C1. The zero-order chi connectivity index (χ0) is 20.8. The number of hydrogen-bond acceptors (Lipinski definition) is 3. The highest BCUT2D eigenvalue weighted by Gasteiger charge is 2.22. The van der Waals surface area contributed by atoms with Crippen LogP contribution >= 0.6 is 0 Å². The van der Waals surface area contributed by atoms with Crippen molar-refractivity contribution in [2.24, 2.45) is 5.92 Å². The van der Waals surface area contributed by atoms with Crippen molar-refractivity contribution >= 4 is 6.03 Å². The molecule has 2 N–H and O–H groups in total. The first-order valence-corrected chi connectivity index (χ1v) is 10.9. The van der Waals surface area contributed by atoms with Crippen molar-refractivity contribution in [1.29, 1.82) is 0 Å². The molecule has 2 heterocycles. The third kappa shape index (κ3) is 5.72. The molecule has 2 aliphatic rings. The highest BCUT2D eigenvalue weighted by Crippen LogP contribution is 2.24. The van der Waals surface area contributed by atoms with Crippen molar-refractivity contribution in [3.63, 3.8) is 0 Å². The summed E-state index contributed by atoms with van der Waals surface area (Å²) < 4.78 is 18.7. The maximum atomic E-state index is 13.0. The quantitative estimate of drug-likeness (QED) is 0.766. The first-order valence-electron chi connectivity index (χ1n) is 10.9. The molecule has 4 rings (SSSR count). The number of amides is 2. The number of piperidine rings is 1. The summed E-state index contributed by atoms with van der Waals surface area (Å²) in [5.74, 6) is 1.25. The Morgan fingerprint density at radius 3 is 2.67 bits per heavy atom. The molecule has 1 unspecified atom stereocenters. The van der Waals surface area contributed by atoms with Crippen LogP contribution in [0.15, 0.2) is 48.5 Å². The van der Waals surface area contributed by atoms with E-state index in [-0.39, 0.29) is 17.9 Å². The van der Waals surface area contributed by atoms with Gasteiger partial charge in [-0.3, -0.25) is 0 Å². The maximum Gasteiger partial charge on any atom is 0.315 e. The molecule has 0 aliphatic carbocycles. The van der Waals surface area contributed by atoms with Gasteiger partial charge in [0.25, 0.3) is 0 Å². The van der Waals surface area contributed by atoms with E-state index in [9.17, 15) is 9.18 Å². The van der Waals surface area contributed by atoms with Crippen LogP contribution in [0.3, 0.4) is 0 Å². The summed E-state index contributed by atoms with van der Waals surface area (Å²) in [5.41, 5.74) is 2.31. The van der Waals surface area contributed by atoms with Gasteiger partial charge in [0, 0.05) is 13.1 Å². The third-order valence-corrected chi connectivity index (χ3v) is 6.10. The highest BCUT2D eigenvalue weighted by molar-refractivity contribution is 5.74. The van der Waals surface area contributed by atoms with Gasteiger partial charge in [-0.2, -0.15) is 0 Å². The molecule has 2 aromatic rings. The molecule has 1 fully saturated rings. The number of para-hydroxylation sites is 1. The summed E-state index contributed by atoms with van der Waals surface area (Å²) in [5, 5.41) is 6.08. The van der Waals surface area contributed by atoms with E-state index in [0.29, 0.717) is 19.1 Å². The number of ether oxygens (including phenoxy) is 1. The van der Waals surface area contributed by atoms with Crippen LogP contribution in [0.1, 0.15) is 24.0 Å². The molecule has 0 radical (unpaired) electrons. The van der Waals surface area contributed by atoms with Crippen molar-refractivity contribution in [2.45, 2.75) is 31.7 Å². The normalized spacial score (nSPS) is 19.6. The molecule has 2 aliphatic heterocycles. The second-order valence-electron chi connectivity index (χ2n) is 8.34. The van der Waals surface area contributed by atoms with Gasteiger partial charge in [0.2, 0.25) is 0 Å². The summed E-state index contributed by atoms with van der Waals surface area (Å²) in [6.07, 6.45) is 3.92. The van der Waals surface area contributed by atoms with Crippen LogP contribution in [0, 0.1) is 11.7 Å². The minimum absolute atomic E-state index is 0.00760. The molecule has 6 heteroatoms. The third-order valence-electron chi connectivity index (χ3n) is 6.10. The van der Waals surface area contributed by atoms with Gasteiger partial charge in [-0.05, 0) is 74.0 Å². The number of likely N-dealkylation sites (tertiary alicyclic amines) is 1.